The molecule has 0 aromatic carbocycles. The Bertz CT molecular complexity index is 962. The molecule has 0 spiro atoms. The van der Waals surface area contributed by atoms with Crippen molar-refractivity contribution in [3.05, 3.63) is 35.8 Å². The second-order valence-electron chi connectivity index (χ2n) is 8.89. The Morgan fingerprint density at radius 1 is 1.33 bits per heavy atom. The van der Waals surface area contributed by atoms with Crippen molar-refractivity contribution in [2.45, 2.75) is 58.2 Å². The highest BCUT2D eigenvalue weighted by atomic mass is 16.6. The monoisotopic (exact) mass is 412 g/mol. The predicted octanol–water partition coefficient (Wildman–Crippen LogP) is 3.14. The smallest absolute Gasteiger partial charge is 0.410 e. The fourth-order valence-corrected chi connectivity index (χ4v) is 3.98. The SMILES string of the molecule is CC1CC(COc2cnccc2-c2cc3c([nH]2)CCNC3=O)N1C(=O)OC(C)(C)C. The highest BCUT2D eigenvalue weighted by molar-refractivity contribution is 5.98. The van der Waals surface area contributed by atoms with Gasteiger partial charge in [-0.25, -0.2) is 4.79 Å². The Morgan fingerprint density at radius 3 is 2.83 bits per heavy atom. The second kappa shape index (κ2) is 7.66. The number of likely N-dealkylation sites (tertiary alicyclic amines) is 1. The summed E-state index contributed by atoms with van der Waals surface area (Å²) in [6.07, 6.45) is 4.67. The topological polar surface area (TPSA) is 96.5 Å². The zero-order chi connectivity index (χ0) is 21.5. The molecule has 8 heteroatoms. The zero-order valence-electron chi connectivity index (χ0n) is 17.8. The van der Waals surface area contributed by atoms with Gasteiger partial charge in [-0.3, -0.25) is 14.7 Å². The second-order valence-corrected chi connectivity index (χ2v) is 8.89. The number of nitrogens with one attached hydrogen (secondary N) is 2. The number of carbonyl (C=O) groups is 2. The summed E-state index contributed by atoms with van der Waals surface area (Å²) in [7, 11) is 0. The van der Waals surface area contributed by atoms with Crippen molar-refractivity contribution < 1.29 is 19.1 Å². The standard InChI is InChI=1S/C22H28N4O4/c1-13-9-14(26(13)21(28)30-22(2,3)4)12-29-19-11-23-7-5-15(19)18-10-16-17(25-18)6-8-24-20(16)27/h5,7,10-11,13-14,25H,6,8-9,12H2,1-4H3,(H,24,27). The third-order valence-corrected chi connectivity index (χ3v) is 5.40. The summed E-state index contributed by atoms with van der Waals surface area (Å²) in [4.78, 5) is 33.8. The van der Waals surface area contributed by atoms with Crippen LogP contribution in [0.4, 0.5) is 4.79 Å². The lowest BCUT2D eigenvalue weighted by molar-refractivity contribution is -0.0374. The molecule has 0 aliphatic carbocycles. The number of hydrogen-bond acceptors (Lipinski definition) is 5. The van der Waals surface area contributed by atoms with Gasteiger partial charge in [0, 0.05) is 36.5 Å². The van der Waals surface area contributed by atoms with Gasteiger partial charge < -0.3 is 19.8 Å². The van der Waals surface area contributed by atoms with Gasteiger partial charge in [-0.2, -0.15) is 0 Å². The molecule has 8 nitrogen and oxygen atoms in total. The molecule has 2 aromatic heterocycles. The van der Waals surface area contributed by atoms with Crippen LogP contribution in [-0.4, -0.2) is 57.7 Å². The van der Waals surface area contributed by atoms with Crippen LogP contribution in [-0.2, 0) is 11.2 Å². The van der Waals surface area contributed by atoms with Gasteiger partial charge in [0.2, 0.25) is 0 Å². The van der Waals surface area contributed by atoms with Gasteiger partial charge in [0.15, 0.2) is 0 Å². The molecule has 2 amide bonds. The first-order valence-corrected chi connectivity index (χ1v) is 10.3. The molecule has 0 bridgehead atoms. The maximum Gasteiger partial charge on any atom is 0.410 e. The molecular formula is C22H28N4O4. The molecule has 1 fully saturated rings. The van der Waals surface area contributed by atoms with Crippen LogP contribution in [0, 0.1) is 0 Å². The van der Waals surface area contributed by atoms with Crippen molar-refractivity contribution in [1.29, 1.82) is 0 Å². The van der Waals surface area contributed by atoms with Crippen LogP contribution in [0.1, 0.15) is 50.2 Å². The van der Waals surface area contributed by atoms with Crippen LogP contribution >= 0.6 is 0 Å². The highest BCUT2D eigenvalue weighted by Crippen LogP contribution is 2.33. The molecule has 2 aliphatic heterocycles. The van der Waals surface area contributed by atoms with E-state index in [1.54, 1.807) is 17.3 Å². The molecule has 1 saturated heterocycles. The number of amides is 2. The van der Waals surface area contributed by atoms with Crippen LogP contribution in [0.15, 0.2) is 24.5 Å². The maximum atomic E-state index is 12.5. The molecule has 30 heavy (non-hydrogen) atoms. The van der Waals surface area contributed by atoms with Gasteiger partial charge in [0.1, 0.15) is 18.0 Å². The molecular weight excluding hydrogens is 384 g/mol. The van der Waals surface area contributed by atoms with E-state index in [0.29, 0.717) is 24.5 Å². The van der Waals surface area contributed by atoms with Crippen LogP contribution in [0.25, 0.3) is 11.3 Å². The summed E-state index contributed by atoms with van der Waals surface area (Å²) in [5, 5.41) is 2.86. The molecule has 0 radical (unpaired) electrons. The zero-order valence-corrected chi connectivity index (χ0v) is 17.8. The van der Waals surface area contributed by atoms with Gasteiger partial charge in [-0.05, 0) is 46.2 Å². The third-order valence-electron chi connectivity index (χ3n) is 5.40. The first kappa shape index (κ1) is 20.3. The molecule has 2 aromatic rings. The normalized spacial score (nSPS) is 20.8. The van der Waals surface area contributed by atoms with Gasteiger partial charge in [0.25, 0.3) is 5.91 Å². The first-order valence-electron chi connectivity index (χ1n) is 10.3. The van der Waals surface area contributed by atoms with E-state index in [4.69, 9.17) is 9.47 Å². The van der Waals surface area contributed by atoms with Crippen molar-refractivity contribution in [3.8, 4) is 17.0 Å². The molecule has 4 rings (SSSR count). The summed E-state index contributed by atoms with van der Waals surface area (Å²) >= 11 is 0. The number of ether oxygens (including phenoxy) is 2. The van der Waals surface area contributed by atoms with Crippen LogP contribution < -0.4 is 10.1 Å². The largest absolute Gasteiger partial charge is 0.489 e. The van der Waals surface area contributed by atoms with E-state index in [-0.39, 0.29) is 24.1 Å². The minimum absolute atomic E-state index is 0.0504. The number of nitrogens with zero attached hydrogens (tertiary/aromatic N) is 2. The van der Waals surface area contributed by atoms with Crippen LogP contribution in [0.3, 0.4) is 0 Å². The Kier molecular flexibility index (Phi) is 5.17. The quantitative estimate of drug-likeness (QED) is 0.804. The summed E-state index contributed by atoms with van der Waals surface area (Å²) in [6, 6.07) is 3.78. The van der Waals surface area contributed by atoms with Crippen molar-refractivity contribution in [2.24, 2.45) is 0 Å². The van der Waals surface area contributed by atoms with Crippen LogP contribution in [0.5, 0.6) is 5.75 Å². The maximum absolute atomic E-state index is 12.5. The number of aromatic amines is 1. The first-order chi connectivity index (χ1) is 14.2. The van der Waals surface area contributed by atoms with Gasteiger partial charge in [-0.15, -0.1) is 0 Å². The number of hydrogen-bond donors (Lipinski definition) is 2. The average Bonchev–Trinajstić information content (AvgIpc) is 3.09. The van der Waals surface area contributed by atoms with Crippen molar-refractivity contribution in [1.82, 2.24) is 20.2 Å². The molecule has 2 aliphatic rings. The molecule has 0 saturated carbocycles. The highest BCUT2D eigenvalue weighted by Gasteiger charge is 2.41. The van der Waals surface area contributed by atoms with Gasteiger partial charge >= 0.3 is 6.09 Å². The average molecular weight is 412 g/mol. The molecule has 4 heterocycles. The van der Waals surface area contributed by atoms with E-state index in [1.807, 2.05) is 39.8 Å². The summed E-state index contributed by atoms with van der Waals surface area (Å²) in [6.45, 7) is 8.57. The van der Waals surface area contributed by atoms with E-state index in [9.17, 15) is 9.59 Å². The lowest BCUT2D eigenvalue weighted by Gasteiger charge is -2.46. The molecule has 2 N–H and O–H groups in total. The molecule has 2 atom stereocenters. The fraction of sp³-hybridized carbons (Fsp3) is 0.500. The van der Waals surface area contributed by atoms with Crippen molar-refractivity contribution in [2.75, 3.05) is 13.2 Å². The lowest BCUT2D eigenvalue weighted by atomic mass is 9.95. The van der Waals surface area contributed by atoms with E-state index < -0.39 is 5.60 Å². The summed E-state index contributed by atoms with van der Waals surface area (Å²) in [5.41, 5.74) is 2.72. The number of rotatable bonds is 4. The number of pyridine rings is 1. The lowest BCUT2D eigenvalue weighted by Crippen LogP contribution is -2.60. The minimum Gasteiger partial charge on any atom is -0.489 e. The molecule has 2 unspecified atom stereocenters. The molecule has 160 valence electrons. The third kappa shape index (κ3) is 3.99. The Morgan fingerprint density at radius 2 is 2.13 bits per heavy atom. The summed E-state index contributed by atoms with van der Waals surface area (Å²) < 4.78 is 11.6. The number of carbonyl (C=O) groups excluding carboxylic acids is 2. The number of aromatic nitrogens is 2. The number of H-pyrrole nitrogens is 1. The van der Waals surface area contributed by atoms with Crippen LogP contribution in [0.2, 0.25) is 0 Å². The van der Waals surface area contributed by atoms with Crippen molar-refractivity contribution >= 4 is 12.0 Å². The van der Waals surface area contributed by atoms with E-state index >= 15 is 0 Å². The van der Waals surface area contributed by atoms with E-state index in [2.05, 4.69) is 15.3 Å². The fourth-order valence-electron chi connectivity index (χ4n) is 3.98. The van der Waals surface area contributed by atoms with Gasteiger partial charge in [-0.1, -0.05) is 0 Å². The Labute approximate surface area is 176 Å². The predicted molar refractivity (Wildman–Crippen MR) is 111 cm³/mol. The summed E-state index contributed by atoms with van der Waals surface area (Å²) in [5.74, 6) is 0.548. The Hall–Kier alpha value is -3.03. The van der Waals surface area contributed by atoms with E-state index in [1.165, 1.54) is 0 Å². The van der Waals surface area contributed by atoms with Gasteiger partial charge in [0.05, 0.1) is 23.5 Å². The minimum atomic E-state index is -0.534. The van der Waals surface area contributed by atoms with Crippen molar-refractivity contribution in [3.63, 3.8) is 0 Å². The number of fused-ring (bicyclic) bond motifs is 1. The van der Waals surface area contributed by atoms with E-state index in [0.717, 1.165) is 29.8 Å². The Balaban J connectivity index is 1.48.